The second-order valence-corrected chi connectivity index (χ2v) is 9.10. The molecule has 1 saturated heterocycles. The Kier molecular flexibility index (Phi) is 4.23. The largest absolute Gasteiger partial charge is 0.378 e. The topological polar surface area (TPSA) is 58.6 Å². The Hall–Kier alpha value is -1.88. The first-order chi connectivity index (χ1) is 13.1. The molecular weight excluding hydrogens is 340 g/mol. The summed E-state index contributed by atoms with van der Waals surface area (Å²) in [7, 11) is 0. The van der Waals surface area contributed by atoms with Crippen molar-refractivity contribution in [1.29, 1.82) is 0 Å². The molecule has 1 N–H and O–H groups in total. The number of rotatable bonds is 3. The Bertz CT molecular complexity index is 718. The van der Waals surface area contributed by atoms with Gasteiger partial charge >= 0.3 is 0 Å². The zero-order chi connectivity index (χ0) is 18.4. The standard InChI is InChI=1S/C22H28N2O3/c25-20(24-5-7-27-8-6-24)18-3-1-2-4-19(18)23-21(26)22-12-15-9-16(13-22)11-17(10-15)14-22/h1-4,15-17H,5-14H2,(H,23,26). The van der Waals surface area contributed by atoms with Gasteiger partial charge in [-0.1, -0.05) is 12.1 Å². The highest BCUT2D eigenvalue weighted by atomic mass is 16.5. The quantitative estimate of drug-likeness (QED) is 0.890. The van der Waals surface area contributed by atoms with Gasteiger partial charge in [-0.3, -0.25) is 9.59 Å². The highest BCUT2D eigenvalue weighted by molar-refractivity contribution is 6.05. The van der Waals surface area contributed by atoms with Crippen LogP contribution >= 0.6 is 0 Å². The third kappa shape index (κ3) is 3.06. The number of para-hydroxylation sites is 1. The van der Waals surface area contributed by atoms with Crippen molar-refractivity contribution in [1.82, 2.24) is 4.90 Å². The Morgan fingerprint density at radius 2 is 1.56 bits per heavy atom. The Morgan fingerprint density at radius 1 is 0.963 bits per heavy atom. The molecule has 4 saturated carbocycles. The lowest BCUT2D eigenvalue weighted by atomic mass is 9.49. The second-order valence-electron chi connectivity index (χ2n) is 9.10. The minimum atomic E-state index is -0.204. The van der Waals surface area contributed by atoms with Crippen molar-refractivity contribution in [2.24, 2.45) is 23.2 Å². The molecule has 5 aliphatic rings. The highest BCUT2D eigenvalue weighted by Gasteiger charge is 2.54. The molecule has 0 atom stereocenters. The molecule has 4 bridgehead atoms. The van der Waals surface area contributed by atoms with Gasteiger partial charge in [0.15, 0.2) is 0 Å². The van der Waals surface area contributed by atoms with E-state index in [0.29, 0.717) is 37.6 Å². The molecule has 1 heterocycles. The summed E-state index contributed by atoms with van der Waals surface area (Å²) >= 11 is 0. The van der Waals surface area contributed by atoms with E-state index in [1.165, 1.54) is 19.3 Å². The number of hydrogen-bond donors (Lipinski definition) is 1. The van der Waals surface area contributed by atoms with Crippen molar-refractivity contribution in [3.8, 4) is 0 Å². The molecule has 5 fully saturated rings. The number of morpholine rings is 1. The predicted octanol–water partition coefficient (Wildman–Crippen LogP) is 3.31. The fourth-order valence-corrected chi connectivity index (χ4v) is 6.36. The van der Waals surface area contributed by atoms with Crippen molar-refractivity contribution in [2.45, 2.75) is 38.5 Å². The van der Waals surface area contributed by atoms with E-state index >= 15 is 0 Å². The Labute approximate surface area is 160 Å². The first kappa shape index (κ1) is 17.2. The number of carbonyl (C=O) groups excluding carboxylic acids is 2. The summed E-state index contributed by atoms with van der Waals surface area (Å²) in [6.07, 6.45) is 7.05. The Balaban J connectivity index is 1.37. The summed E-state index contributed by atoms with van der Waals surface area (Å²) in [4.78, 5) is 28.1. The molecule has 5 heteroatoms. The number of anilines is 1. The van der Waals surface area contributed by atoms with E-state index in [0.717, 1.165) is 37.0 Å². The van der Waals surface area contributed by atoms with Crippen LogP contribution in [-0.2, 0) is 9.53 Å². The number of hydrogen-bond acceptors (Lipinski definition) is 3. The van der Waals surface area contributed by atoms with Gasteiger partial charge in [-0.25, -0.2) is 0 Å². The van der Waals surface area contributed by atoms with Gasteiger partial charge in [0.2, 0.25) is 5.91 Å². The first-order valence-corrected chi connectivity index (χ1v) is 10.4. The molecular formula is C22H28N2O3. The van der Waals surface area contributed by atoms with E-state index in [9.17, 15) is 9.59 Å². The number of nitrogens with one attached hydrogen (secondary N) is 1. The second kappa shape index (κ2) is 6.62. The molecule has 1 aliphatic heterocycles. The van der Waals surface area contributed by atoms with Gasteiger partial charge in [0.25, 0.3) is 5.91 Å². The number of nitrogens with zero attached hydrogens (tertiary/aromatic N) is 1. The summed E-state index contributed by atoms with van der Waals surface area (Å²) in [6.45, 7) is 2.37. The van der Waals surface area contributed by atoms with E-state index in [1.54, 1.807) is 0 Å². The van der Waals surface area contributed by atoms with Crippen LogP contribution in [0.25, 0.3) is 0 Å². The molecule has 0 aromatic heterocycles. The lowest BCUT2D eigenvalue weighted by Crippen LogP contribution is -2.52. The normalized spacial score (nSPS) is 34.5. The van der Waals surface area contributed by atoms with Crippen molar-refractivity contribution < 1.29 is 14.3 Å². The number of benzene rings is 1. The molecule has 1 aromatic rings. The SMILES string of the molecule is O=C(c1ccccc1NC(=O)C12CC3CC(CC(C3)C1)C2)N1CCOCC1. The van der Waals surface area contributed by atoms with Crippen molar-refractivity contribution in [3.05, 3.63) is 29.8 Å². The van der Waals surface area contributed by atoms with Crippen LogP contribution < -0.4 is 5.32 Å². The van der Waals surface area contributed by atoms with Crippen LogP contribution in [0.15, 0.2) is 24.3 Å². The summed E-state index contributed by atoms with van der Waals surface area (Å²) < 4.78 is 5.35. The summed E-state index contributed by atoms with van der Waals surface area (Å²) in [5.74, 6) is 2.32. The van der Waals surface area contributed by atoms with Crippen LogP contribution in [0.1, 0.15) is 48.9 Å². The van der Waals surface area contributed by atoms with E-state index in [2.05, 4.69) is 5.32 Å². The molecule has 4 aliphatic carbocycles. The molecule has 1 aromatic carbocycles. The van der Waals surface area contributed by atoms with Gasteiger partial charge in [0.05, 0.1) is 29.9 Å². The van der Waals surface area contributed by atoms with Crippen LogP contribution in [-0.4, -0.2) is 43.0 Å². The summed E-state index contributed by atoms with van der Waals surface area (Å²) in [6, 6.07) is 7.46. The van der Waals surface area contributed by atoms with Gasteiger partial charge in [0, 0.05) is 13.1 Å². The Morgan fingerprint density at radius 3 is 2.19 bits per heavy atom. The maximum Gasteiger partial charge on any atom is 0.256 e. The predicted molar refractivity (Wildman–Crippen MR) is 102 cm³/mol. The highest BCUT2D eigenvalue weighted by Crippen LogP contribution is 2.60. The molecule has 0 spiro atoms. The van der Waals surface area contributed by atoms with Gasteiger partial charge in [-0.15, -0.1) is 0 Å². The maximum atomic E-state index is 13.4. The number of amides is 2. The summed E-state index contributed by atoms with van der Waals surface area (Å²) in [5.41, 5.74) is 1.05. The van der Waals surface area contributed by atoms with Crippen molar-refractivity contribution in [3.63, 3.8) is 0 Å². The van der Waals surface area contributed by atoms with Crippen molar-refractivity contribution >= 4 is 17.5 Å². The van der Waals surface area contributed by atoms with Crippen LogP contribution in [0.3, 0.4) is 0 Å². The average Bonchev–Trinajstić information content (AvgIpc) is 2.67. The minimum Gasteiger partial charge on any atom is -0.378 e. The van der Waals surface area contributed by atoms with Crippen LogP contribution in [0.2, 0.25) is 0 Å². The third-order valence-electron chi connectivity index (χ3n) is 7.22. The molecule has 2 amide bonds. The van der Waals surface area contributed by atoms with Crippen LogP contribution in [0.5, 0.6) is 0 Å². The first-order valence-electron chi connectivity index (χ1n) is 10.4. The lowest BCUT2D eigenvalue weighted by Gasteiger charge is -2.55. The lowest BCUT2D eigenvalue weighted by molar-refractivity contribution is -0.140. The zero-order valence-corrected chi connectivity index (χ0v) is 15.8. The molecule has 27 heavy (non-hydrogen) atoms. The van der Waals surface area contributed by atoms with Gasteiger partial charge in [-0.05, 0) is 68.4 Å². The third-order valence-corrected chi connectivity index (χ3v) is 7.22. The van der Waals surface area contributed by atoms with Crippen LogP contribution in [0, 0.1) is 23.2 Å². The molecule has 0 unspecified atom stereocenters. The monoisotopic (exact) mass is 368 g/mol. The average molecular weight is 368 g/mol. The molecule has 0 radical (unpaired) electrons. The van der Waals surface area contributed by atoms with Crippen molar-refractivity contribution in [2.75, 3.05) is 31.6 Å². The zero-order valence-electron chi connectivity index (χ0n) is 15.8. The van der Waals surface area contributed by atoms with Gasteiger partial charge < -0.3 is 15.0 Å². The number of ether oxygens (including phenoxy) is 1. The molecule has 144 valence electrons. The number of carbonyl (C=O) groups is 2. The maximum absolute atomic E-state index is 13.4. The van der Waals surface area contributed by atoms with E-state index in [1.807, 2.05) is 29.2 Å². The molecule has 6 rings (SSSR count). The smallest absolute Gasteiger partial charge is 0.256 e. The molecule has 5 nitrogen and oxygen atoms in total. The fourth-order valence-electron chi connectivity index (χ4n) is 6.36. The fraction of sp³-hybridized carbons (Fsp3) is 0.636. The van der Waals surface area contributed by atoms with E-state index in [-0.39, 0.29) is 17.2 Å². The minimum absolute atomic E-state index is 0.0142. The van der Waals surface area contributed by atoms with Gasteiger partial charge in [0.1, 0.15) is 0 Å². The van der Waals surface area contributed by atoms with Crippen LogP contribution in [0.4, 0.5) is 5.69 Å². The summed E-state index contributed by atoms with van der Waals surface area (Å²) in [5, 5.41) is 3.17. The van der Waals surface area contributed by atoms with Gasteiger partial charge in [-0.2, -0.15) is 0 Å². The van der Waals surface area contributed by atoms with E-state index < -0.39 is 0 Å². The van der Waals surface area contributed by atoms with E-state index in [4.69, 9.17) is 4.74 Å².